The summed E-state index contributed by atoms with van der Waals surface area (Å²) in [7, 11) is 0. The molecule has 7 aromatic heterocycles. The number of nitrogens with zero attached hydrogens (tertiary/aromatic N) is 9. The van der Waals surface area contributed by atoms with E-state index in [9.17, 15) is 0 Å². The second-order valence-corrected chi connectivity index (χ2v) is 27.0. The van der Waals surface area contributed by atoms with Gasteiger partial charge >= 0.3 is 0 Å². The van der Waals surface area contributed by atoms with Gasteiger partial charge in [0, 0.05) is 120 Å². The van der Waals surface area contributed by atoms with Crippen LogP contribution in [0.15, 0.2) is 147 Å². The Labute approximate surface area is 478 Å². The molecule has 0 saturated carbocycles. The molecule has 0 atom stereocenters. The van der Waals surface area contributed by atoms with E-state index in [1.807, 2.05) is 73.6 Å². The Balaban J connectivity index is 0.000000314. The molecule has 7 aromatic rings. The summed E-state index contributed by atoms with van der Waals surface area (Å²) in [5.41, 5.74) is 10.9. The number of hydrogen-bond acceptors (Lipinski definition) is 10. The van der Waals surface area contributed by atoms with E-state index < -0.39 is 0 Å². The molecule has 0 spiro atoms. The van der Waals surface area contributed by atoms with E-state index >= 15 is 0 Å². The average molecular weight is 1080 g/mol. The van der Waals surface area contributed by atoms with Crippen LogP contribution in [0.4, 0.5) is 5.82 Å². The molecule has 11 heteroatoms. The van der Waals surface area contributed by atoms with Gasteiger partial charge in [-0.25, -0.2) is 4.98 Å². The molecular weight excluding hydrogens is 982 g/mol. The maximum atomic E-state index is 5.70. The van der Waals surface area contributed by atoms with Gasteiger partial charge in [0.1, 0.15) is 5.82 Å². The van der Waals surface area contributed by atoms with Crippen LogP contribution in [0.2, 0.25) is 5.02 Å². The summed E-state index contributed by atoms with van der Waals surface area (Å²) in [6.45, 7) is 51.2. The molecule has 0 aliphatic carbocycles. The minimum Gasteiger partial charge on any atom is -0.378 e. The monoisotopic (exact) mass is 1080 g/mol. The molecule has 1 aliphatic heterocycles. The average Bonchev–Trinajstić information content (AvgIpc) is 3.37. The van der Waals surface area contributed by atoms with Crippen molar-refractivity contribution in [3.05, 3.63) is 197 Å². The summed E-state index contributed by atoms with van der Waals surface area (Å²) in [4.78, 5) is 35.8. The molecule has 1 fully saturated rings. The van der Waals surface area contributed by atoms with Crippen molar-refractivity contribution in [2.24, 2.45) is 0 Å². The fraction of sp³-hybridized carbons (Fsp3) is 0.493. The number of halogens is 1. The van der Waals surface area contributed by atoms with E-state index in [-0.39, 0.29) is 37.9 Å². The summed E-state index contributed by atoms with van der Waals surface area (Å²) in [6, 6.07) is 26.4. The number of ether oxygens (including phenoxy) is 1. The Morgan fingerprint density at radius 1 is 0.372 bits per heavy atom. The maximum absolute atomic E-state index is 5.70. The first-order valence-electron chi connectivity index (χ1n) is 27.3. The number of morpholine rings is 1. The maximum Gasteiger partial charge on any atom is 0.128 e. The Bertz CT molecular complexity index is 2470. The van der Waals surface area contributed by atoms with Crippen molar-refractivity contribution in [1.82, 2.24) is 39.9 Å². The first kappa shape index (κ1) is 68.1. The molecule has 0 unspecified atom stereocenters. The lowest BCUT2D eigenvalue weighted by atomic mass is 9.88. The highest BCUT2D eigenvalue weighted by Crippen LogP contribution is 2.26. The van der Waals surface area contributed by atoms with Gasteiger partial charge in [0.05, 0.1) is 23.9 Å². The van der Waals surface area contributed by atoms with Crippen LogP contribution in [0.25, 0.3) is 0 Å². The molecule has 0 bridgehead atoms. The number of aromatic nitrogens is 8. The van der Waals surface area contributed by atoms with Gasteiger partial charge in [0.2, 0.25) is 0 Å². The highest BCUT2D eigenvalue weighted by molar-refractivity contribution is 6.30. The van der Waals surface area contributed by atoms with Crippen molar-refractivity contribution >= 4 is 17.4 Å². The van der Waals surface area contributed by atoms with E-state index in [0.717, 1.165) is 49.2 Å². The smallest absolute Gasteiger partial charge is 0.128 e. The largest absolute Gasteiger partial charge is 0.378 e. The predicted octanol–water partition coefficient (Wildman–Crippen LogP) is 16.8. The Morgan fingerprint density at radius 3 is 1.26 bits per heavy atom. The van der Waals surface area contributed by atoms with Gasteiger partial charge in [-0.1, -0.05) is 181 Å². The molecule has 424 valence electrons. The fourth-order valence-electron chi connectivity index (χ4n) is 7.05. The van der Waals surface area contributed by atoms with Crippen LogP contribution in [-0.4, -0.2) is 66.2 Å². The molecule has 10 nitrogen and oxygen atoms in total. The second-order valence-electron chi connectivity index (χ2n) is 26.6. The summed E-state index contributed by atoms with van der Waals surface area (Å²) in [6.07, 6.45) is 20.0. The van der Waals surface area contributed by atoms with E-state index in [4.69, 9.17) is 16.3 Å². The summed E-state index contributed by atoms with van der Waals surface area (Å²) >= 11 is 5.70. The van der Waals surface area contributed by atoms with Crippen LogP contribution in [-0.2, 0) is 42.6 Å². The van der Waals surface area contributed by atoms with Crippen LogP contribution in [0.3, 0.4) is 0 Å². The number of aryl methyl sites for hydroxylation is 1. The van der Waals surface area contributed by atoms with Crippen molar-refractivity contribution in [1.29, 1.82) is 0 Å². The third kappa shape index (κ3) is 27.1. The molecule has 0 amide bonds. The van der Waals surface area contributed by atoms with Crippen molar-refractivity contribution in [2.45, 2.75) is 190 Å². The van der Waals surface area contributed by atoms with Gasteiger partial charge in [-0.3, -0.25) is 34.9 Å². The Morgan fingerprint density at radius 2 is 0.897 bits per heavy atom. The molecule has 8 rings (SSSR count). The highest BCUT2D eigenvalue weighted by Gasteiger charge is 2.19. The van der Waals surface area contributed by atoms with Crippen LogP contribution in [0.5, 0.6) is 0 Å². The predicted molar refractivity (Wildman–Crippen MR) is 331 cm³/mol. The SMILES string of the molecule is CC(C)(C)c1ccc(Cl)cn1.CC(C)(C)c1ccc(N2CCOCC2)nc1.CC(C)(C)c1ccccn1.CC(C)(C)c1cccnc1.CC(C)(C)c1ccncc1.CC(C)(C)c1cnccn1.Cc1cccnc1C(C)(C)C. The number of rotatable bonds is 1. The quantitative estimate of drug-likeness (QED) is 0.157. The lowest BCUT2D eigenvalue weighted by molar-refractivity contribution is 0.122. The molecule has 8 heterocycles. The minimum atomic E-state index is 0.116. The van der Waals surface area contributed by atoms with Gasteiger partial charge in [-0.05, 0) is 100 Å². The van der Waals surface area contributed by atoms with E-state index in [1.54, 1.807) is 31.0 Å². The van der Waals surface area contributed by atoms with Gasteiger partial charge < -0.3 is 9.64 Å². The van der Waals surface area contributed by atoms with Crippen LogP contribution >= 0.6 is 11.6 Å². The molecule has 0 N–H and O–H groups in total. The Kier molecular flexibility index (Phi) is 27.1. The topological polar surface area (TPSA) is 116 Å². The van der Waals surface area contributed by atoms with Gasteiger partial charge in [0.15, 0.2) is 0 Å². The van der Waals surface area contributed by atoms with Gasteiger partial charge in [-0.15, -0.1) is 0 Å². The standard InChI is InChI=1S/C13H20N2O.C10H15N.C9H12ClN.3C9H13N.C8H12N2/c1-13(2,3)11-4-5-12(14-10-11)15-6-8-16-9-7-15;1-8-6-5-7-11-9(8)10(2,3)4;1-9(2,3)8-5-4-7(10)6-11-8;1-9(2,3)8-4-6-10-7-5-8;1-9(2,3)8-5-4-6-10-7-8;1-9(2,3)8-6-4-5-7-10-8;1-8(2,3)7-6-9-4-5-10-7/h4-5,10H,6-9H2,1-3H3;5-7H,1-4H3;4-6H,1-3H3;3*4-7H,1-3H3;4-6H,1-3H3. The summed E-state index contributed by atoms with van der Waals surface area (Å²) in [5, 5.41) is 0.693. The van der Waals surface area contributed by atoms with Crippen molar-refractivity contribution in [3.63, 3.8) is 0 Å². The van der Waals surface area contributed by atoms with Crippen molar-refractivity contribution in [2.75, 3.05) is 31.2 Å². The molecule has 1 saturated heterocycles. The third-order valence-corrected chi connectivity index (χ3v) is 12.2. The number of pyridine rings is 6. The zero-order valence-electron chi connectivity index (χ0n) is 52.0. The van der Waals surface area contributed by atoms with E-state index in [0.29, 0.717) is 5.02 Å². The highest BCUT2D eigenvalue weighted by atomic mass is 35.5. The van der Waals surface area contributed by atoms with Gasteiger partial charge in [0.25, 0.3) is 0 Å². The zero-order chi connectivity index (χ0) is 59.0. The zero-order valence-corrected chi connectivity index (χ0v) is 52.8. The van der Waals surface area contributed by atoms with Crippen LogP contribution < -0.4 is 4.90 Å². The second kappa shape index (κ2) is 31.0. The van der Waals surface area contributed by atoms with Gasteiger partial charge in [-0.2, -0.15) is 0 Å². The number of anilines is 1. The molecule has 78 heavy (non-hydrogen) atoms. The first-order chi connectivity index (χ1) is 36.0. The molecule has 1 aliphatic rings. The van der Waals surface area contributed by atoms with Crippen molar-refractivity contribution in [3.8, 4) is 0 Å². The summed E-state index contributed by atoms with van der Waals surface area (Å²) < 4.78 is 5.33. The normalized spacial score (nSPS) is 12.8. The van der Waals surface area contributed by atoms with Crippen molar-refractivity contribution < 1.29 is 4.74 Å². The third-order valence-electron chi connectivity index (χ3n) is 12.0. The summed E-state index contributed by atoms with van der Waals surface area (Å²) in [5.74, 6) is 1.07. The van der Waals surface area contributed by atoms with E-state index in [2.05, 4.69) is 240 Å². The first-order valence-corrected chi connectivity index (χ1v) is 27.7. The number of hydrogen-bond donors (Lipinski definition) is 0. The minimum absolute atomic E-state index is 0.116. The lowest BCUT2D eigenvalue weighted by Crippen LogP contribution is -2.36. The van der Waals surface area contributed by atoms with E-state index in [1.165, 1.54) is 27.9 Å². The fourth-order valence-corrected chi connectivity index (χ4v) is 7.16. The molecule has 0 radical (unpaired) electrons. The lowest BCUT2D eigenvalue weighted by Gasteiger charge is -2.28. The van der Waals surface area contributed by atoms with Crippen LogP contribution in [0.1, 0.15) is 190 Å². The molecular formula is C67H98ClN9O. The Hall–Kier alpha value is -5.97. The van der Waals surface area contributed by atoms with Crippen LogP contribution in [0, 0.1) is 6.92 Å². The molecule has 0 aromatic carbocycles.